The molecule has 84 valence electrons. The second kappa shape index (κ2) is 5.31. The van der Waals surface area contributed by atoms with Crippen molar-refractivity contribution in [1.29, 1.82) is 0 Å². The van der Waals surface area contributed by atoms with Crippen LogP contribution in [0, 0.1) is 5.92 Å². The van der Waals surface area contributed by atoms with E-state index in [-0.39, 0.29) is 11.8 Å². The van der Waals surface area contributed by atoms with Gasteiger partial charge in [-0.15, -0.1) is 0 Å². The van der Waals surface area contributed by atoms with Crippen LogP contribution in [0.1, 0.15) is 6.92 Å². The molecular formula is C8H18N2O3S. The van der Waals surface area contributed by atoms with Crippen LogP contribution in [0.3, 0.4) is 0 Å². The Morgan fingerprint density at radius 3 is 2.36 bits per heavy atom. The highest BCUT2D eigenvalue weighted by molar-refractivity contribution is 7.91. The zero-order valence-electron chi connectivity index (χ0n) is 8.86. The third-order valence-corrected chi connectivity index (χ3v) is 2.57. The minimum absolute atomic E-state index is 0.184. The number of sulfone groups is 1. The fourth-order valence-corrected chi connectivity index (χ4v) is 1.65. The molecular weight excluding hydrogens is 204 g/mol. The molecule has 0 aromatic heterocycles. The molecule has 2 N–H and O–H groups in total. The Labute approximate surface area is 85.2 Å². The topological polar surface area (TPSA) is 80.5 Å². The van der Waals surface area contributed by atoms with Gasteiger partial charge in [0.05, 0.1) is 0 Å². The average molecular weight is 222 g/mol. The summed E-state index contributed by atoms with van der Waals surface area (Å²) >= 11 is 0. The molecule has 0 aliphatic carbocycles. The molecule has 0 saturated heterocycles. The van der Waals surface area contributed by atoms with Crippen LogP contribution in [0.15, 0.2) is 0 Å². The lowest BCUT2D eigenvalue weighted by Gasteiger charge is -2.20. The Bertz CT molecular complexity index is 287. The second-order valence-electron chi connectivity index (χ2n) is 3.69. The highest BCUT2D eigenvalue weighted by Crippen LogP contribution is 1.97. The number of nitrogens with zero attached hydrogens (tertiary/aromatic N) is 1. The normalized spacial score (nSPS) is 13.7. The van der Waals surface area contributed by atoms with Crippen molar-refractivity contribution < 1.29 is 13.2 Å². The predicted molar refractivity (Wildman–Crippen MR) is 55.6 cm³/mol. The number of carbonyl (C=O) groups excluding carboxylic acids is 1. The smallest absolute Gasteiger partial charge is 0.237 e. The van der Waals surface area contributed by atoms with Gasteiger partial charge in [0.15, 0.2) is 9.84 Å². The van der Waals surface area contributed by atoms with Crippen molar-refractivity contribution in [3.63, 3.8) is 0 Å². The molecule has 0 radical (unpaired) electrons. The fourth-order valence-electron chi connectivity index (χ4n) is 0.978. The van der Waals surface area contributed by atoms with Crippen LogP contribution in [-0.2, 0) is 14.6 Å². The van der Waals surface area contributed by atoms with Crippen molar-refractivity contribution in [2.45, 2.75) is 6.92 Å². The fraction of sp³-hybridized carbons (Fsp3) is 0.875. The maximum absolute atomic E-state index is 11.3. The van der Waals surface area contributed by atoms with Gasteiger partial charge < -0.3 is 10.6 Å². The van der Waals surface area contributed by atoms with Crippen molar-refractivity contribution in [2.24, 2.45) is 11.7 Å². The lowest BCUT2D eigenvalue weighted by Crippen LogP contribution is -2.36. The summed E-state index contributed by atoms with van der Waals surface area (Å²) < 4.78 is 21.7. The van der Waals surface area contributed by atoms with E-state index < -0.39 is 15.6 Å². The Kier molecular flexibility index (Phi) is 5.07. The molecule has 1 amide bonds. The van der Waals surface area contributed by atoms with Crippen LogP contribution in [0.25, 0.3) is 0 Å². The Morgan fingerprint density at radius 1 is 1.50 bits per heavy atom. The van der Waals surface area contributed by atoms with Crippen molar-refractivity contribution >= 4 is 15.7 Å². The lowest BCUT2D eigenvalue weighted by molar-refractivity contribution is -0.127. The summed E-state index contributed by atoms with van der Waals surface area (Å²) in [7, 11) is -1.65. The molecule has 5 nitrogen and oxygen atoms in total. The Morgan fingerprint density at radius 2 is 2.00 bits per heavy atom. The number of rotatable bonds is 5. The van der Waals surface area contributed by atoms with Crippen molar-refractivity contribution in [2.75, 3.05) is 32.1 Å². The molecule has 0 aliphatic rings. The maximum Gasteiger partial charge on any atom is 0.237 e. The molecule has 1 unspecified atom stereocenters. The molecule has 0 aromatic carbocycles. The largest absolute Gasteiger partial charge is 0.345 e. The lowest BCUT2D eigenvalue weighted by atomic mass is 10.2. The first-order chi connectivity index (χ1) is 6.26. The molecule has 0 spiro atoms. The third-order valence-electron chi connectivity index (χ3n) is 1.80. The van der Waals surface area contributed by atoms with Gasteiger partial charge in [-0.3, -0.25) is 4.79 Å². The molecule has 1 atom stereocenters. The minimum atomic E-state index is -3.23. The van der Waals surface area contributed by atoms with Gasteiger partial charge in [-0.2, -0.15) is 0 Å². The van der Waals surface area contributed by atoms with Crippen LogP contribution < -0.4 is 5.73 Å². The molecule has 0 fully saturated rings. The summed E-state index contributed by atoms with van der Waals surface area (Å²) in [5, 5.41) is 0. The van der Waals surface area contributed by atoms with Gasteiger partial charge >= 0.3 is 0 Å². The zero-order chi connectivity index (χ0) is 11.4. The number of hydrogen-bond acceptors (Lipinski definition) is 4. The minimum Gasteiger partial charge on any atom is -0.345 e. The van der Waals surface area contributed by atoms with Crippen LogP contribution in [0.5, 0.6) is 0 Å². The first-order valence-electron chi connectivity index (χ1n) is 4.38. The first-order valence-corrected chi connectivity index (χ1v) is 6.44. The van der Waals surface area contributed by atoms with E-state index >= 15 is 0 Å². The number of hydrogen-bond donors (Lipinski definition) is 1. The Balaban J connectivity index is 4.14. The summed E-state index contributed by atoms with van der Waals surface area (Å²) in [5.41, 5.74) is 5.39. The van der Waals surface area contributed by atoms with Crippen LogP contribution in [-0.4, -0.2) is 51.4 Å². The van der Waals surface area contributed by atoms with Crippen molar-refractivity contribution in [3.05, 3.63) is 0 Å². The zero-order valence-corrected chi connectivity index (χ0v) is 9.67. The van der Waals surface area contributed by atoms with E-state index in [1.165, 1.54) is 4.90 Å². The van der Waals surface area contributed by atoms with E-state index in [4.69, 9.17) is 5.73 Å². The van der Waals surface area contributed by atoms with Gasteiger partial charge in [0.1, 0.15) is 5.75 Å². The van der Waals surface area contributed by atoms with Crippen molar-refractivity contribution in [1.82, 2.24) is 4.90 Å². The van der Waals surface area contributed by atoms with E-state index in [0.29, 0.717) is 13.1 Å². The van der Waals surface area contributed by atoms with E-state index in [1.807, 2.05) is 6.92 Å². The van der Waals surface area contributed by atoms with E-state index in [2.05, 4.69) is 0 Å². The van der Waals surface area contributed by atoms with Crippen LogP contribution in [0.4, 0.5) is 0 Å². The van der Waals surface area contributed by atoms with E-state index in [1.54, 1.807) is 7.05 Å². The van der Waals surface area contributed by atoms with Crippen LogP contribution in [0.2, 0.25) is 0 Å². The van der Waals surface area contributed by atoms with Gasteiger partial charge in [0.2, 0.25) is 5.91 Å². The van der Waals surface area contributed by atoms with E-state index in [0.717, 1.165) is 6.26 Å². The molecule has 0 aromatic rings. The molecule has 14 heavy (non-hydrogen) atoms. The molecule has 0 heterocycles. The van der Waals surface area contributed by atoms with E-state index in [9.17, 15) is 13.2 Å². The molecule has 0 bridgehead atoms. The maximum atomic E-state index is 11.3. The molecule has 0 saturated carbocycles. The Hall–Kier alpha value is -0.620. The number of nitrogens with two attached hydrogens (primary N) is 1. The summed E-state index contributed by atoms with van der Waals surface area (Å²) in [5.74, 6) is -0.628. The first kappa shape index (κ1) is 13.4. The quantitative estimate of drug-likeness (QED) is 0.652. The second-order valence-corrected chi connectivity index (χ2v) is 5.83. The summed E-state index contributed by atoms with van der Waals surface area (Å²) in [4.78, 5) is 12.7. The summed E-state index contributed by atoms with van der Waals surface area (Å²) in [6.45, 7) is 2.88. The number of amides is 1. The van der Waals surface area contributed by atoms with Gasteiger partial charge in [-0.25, -0.2) is 8.42 Å². The average Bonchev–Trinajstić information content (AvgIpc) is 2.00. The molecule has 0 rings (SSSR count). The van der Waals surface area contributed by atoms with Gasteiger partial charge in [-0.05, 0) is 12.5 Å². The summed E-state index contributed by atoms with van der Waals surface area (Å²) in [6.07, 6.45) is 1.05. The van der Waals surface area contributed by atoms with Gasteiger partial charge in [0, 0.05) is 19.8 Å². The van der Waals surface area contributed by atoms with Gasteiger partial charge in [-0.1, -0.05) is 6.92 Å². The molecule has 6 heteroatoms. The number of carbonyl (C=O) groups is 1. The SMILES string of the molecule is CC(CN)CN(C)C(=O)CS(C)(=O)=O. The highest BCUT2D eigenvalue weighted by Gasteiger charge is 2.16. The van der Waals surface area contributed by atoms with Crippen LogP contribution >= 0.6 is 0 Å². The van der Waals surface area contributed by atoms with Crippen molar-refractivity contribution in [3.8, 4) is 0 Å². The van der Waals surface area contributed by atoms with Gasteiger partial charge in [0.25, 0.3) is 0 Å². The predicted octanol–water partition coefficient (Wildman–Crippen LogP) is -0.916. The highest BCUT2D eigenvalue weighted by atomic mass is 32.2. The molecule has 0 aliphatic heterocycles. The standard InChI is InChI=1S/C8H18N2O3S/c1-7(4-9)5-10(2)8(11)6-14(3,12)13/h7H,4-6,9H2,1-3H3. The third kappa shape index (κ3) is 5.93. The summed E-state index contributed by atoms with van der Waals surface area (Å²) in [6, 6.07) is 0. The monoisotopic (exact) mass is 222 g/mol.